The number of amides is 1. The predicted octanol–water partition coefficient (Wildman–Crippen LogP) is 3.42. The van der Waals surface area contributed by atoms with Gasteiger partial charge in [-0.3, -0.25) is 9.69 Å². The van der Waals surface area contributed by atoms with Gasteiger partial charge in [-0.05, 0) is 51.3 Å². The monoisotopic (exact) mass is 308 g/mol. The van der Waals surface area contributed by atoms with Crippen LogP contribution >= 0.6 is 11.6 Å². The molecule has 1 saturated heterocycles. The van der Waals surface area contributed by atoms with Crippen LogP contribution in [0.3, 0.4) is 0 Å². The van der Waals surface area contributed by atoms with Crippen LogP contribution in [0.5, 0.6) is 0 Å². The summed E-state index contributed by atoms with van der Waals surface area (Å²) in [5.41, 5.74) is 1.96. The number of nitrogens with one attached hydrogen (secondary N) is 1. The number of piperidine rings is 1. The summed E-state index contributed by atoms with van der Waals surface area (Å²) in [6, 6.07) is 7.78. The normalized spacial score (nSPS) is 17.7. The van der Waals surface area contributed by atoms with Gasteiger partial charge in [-0.1, -0.05) is 12.1 Å². The van der Waals surface area contributed by atoms with E-state index in [0.29, 0.717) is 11.4 Å². The molecule has 1 fully saturated rings. The molecule has 0 aliphatic carbocycles. The molecular weight excluding hydrogens is 284 g/mol. The number of rotatable bonds is 3. The molecule has 21 heavy (non-hydrogen) atoms. The second kappa shape index (κ2) is 6.80. The van der Waals surface area contributed by atoms with Gasteiger partial charge in [-0.15, -0.1) is 11.6 Å². The molecule has 0 saturated carbocycles. The van der Waals surface area contributed by atoms with Crippen LogP contribution in [0.4, 0.5) is 0 Å². The van der Waals surface area contributed by atoms with Gasteiger partial charge in [-0.2, -0.15) is 0 Å². The van der Waals surface area contributed by atoms with E-state index in [0.717, 1.165) is 31.5 Å². The Kier molecular flexibility index (Phi) is 5.28. The van der Waals surface area contributed by atoms with Crippen molar-refractivity contribution >= 4 is 17.5 Å². The number of alkyl halides is 1. The average molecular weight is 309 g/mol. The number of benzene rings is 1. The predicted molar refractivity (Wildman–Crippen MR) is 87.8 cm³/mol. The molecule has 1 aromatic carbocycles. The zero-order valence-corrected chi connectivity index (χ0v) is 13.9. The SMILES string of the molecule is CC(C)(C)N1CCC(NC(=O)c2ccc(CCl)cc2)CC1. The number of hydrogen-bond acceptors (Lipinski definition) is 2. The molecule has 0 atom stereocenters. The number of carbonyl (C=O) groups is 1. The van der Waals surface area contributed by atoms with Crippen LogP contribution < -0.4 is 5.32 Å². The van der Waals surface area contributed by atoms with E-state index in [4.69, 9.17) is 11.6 Å². The van der Waals surface area contributed by atoms with Crippen LogP contribution in [0.1, 0.15) is 49.5 Å². The van der Waals surface area contributed by atoms with Gasteiger partial charge in [0.05, 0.1) is 0 Å². The summed E-state index contributed by atoms with van der Waals surface area (Å²) < 4.78 is 0. The summed E-state index contributed by atoms with van der Waals surface area (Å²) in [4.78, 5) is 14.7. The number of hydrogen-bond donors (Lipinski definition) is 1. The van der Waals surface area contributed by atoms with Crippen molar-refractivity contribution in [1.82, 2.24) is 10.2 Å². The van der Waals surface area contributed by atoms with Gasteiger partial charge in [0.2, 0.25) is 0 Å². The van der Waals surface area contributed by atoms with E-state index >= 15 is 0 Å². The lowest BCUT2D eigenvalue weighted by Gasteiger charge is -2.41. The van der Waals surface area contributed by atoms with Crippen molar-refractivity contribution in [2.24, 2.45) is 0 Å². The third-order valence-electron chi connectivity index (χ3n) is 4.15. The quantitative estimate of drug-likeness (QED) is 0.868. The number of carbonyl (C=O) groups excluding carboxylic acids is 1. The van der Waals surface area contributed by atoms with E-state index in [2.05, 4.69) is 31.0 Å². The molecule has 4 heteroatoms. The van der Waals surface area contributed by atoms with Gasteiger partial charge in [0.25, 0.3) is 5.91 Å². The maximum atomic E-state index is 12.2. The fraction of sp³-hybridized carbons (Fsp3) is 0.588. The number of likely N-dealkylation sites (tertiary alicyclic amines) is 1. The van der Waals surface area contributed by atoms with Crippen molar-refractivity contribution < 1.29 is 4.79 Å². The van der Waals surface area contributed by atoms with Crippen molar-refractivity contribution in [3.8, 4) is 0 Å². The summed E-state index contributed by atoms with van der Waals surface area (Å²) in [6.07, 6.45) is 2.03. The Morgan fingerprint density at radius 3 is 2.29 bits per heavy atom. The fourth-order valence-electron chi connectivity index (χ4n) is 2.71. The maximum absolute atomic E-state index is 12.2. The first-order valence-corrected chi connectivity index (χ1v) is 8.14. The smallest absolute Gasteiger partial charge is 0.251 e. The molecule has 116 valence electrons. The highest BCUT2D eigenvalue weighted by atomic mass is 35.5. The third kappa shape index (κ3) is 4.45. The fourth-order valence-corrected chi connectivity index (χ4v) is 2.89. The highest BCUT2D eigenvalue weighted by molar-refractivity contribution is 6.17. The van der Waals surface area contributed by atoms with Crippen LogP contribution in [-0.2, 0) is 5.88 Å². The molecule has 0 unspecified atom stereocenters. The molecule has 0 radical (unpaired) electrons. The van der Waals surface area contributed by atoms with E-state index in [9.17, 15) is 4.79 Å². The molecule has 1 heterocycles. The maximum Gasteiger partial charge on any atom is 0.251 e. The van der Waals surface area contributed by atoms with E-state index in [1.54, 1.807) is 0 Å². The largest absolute Gasteiger partial charge is 0.349 e. The van der Waals surface area contributed by atoms with Crippen molar-refractivity contribution in [3.05, 3.63) is 35.4 Å². The van der Waals surface area contributed by atoms with E-state index in [1.165, 1.54) is 0 Å². The summed E-state index contributed by atoms with van der Waals surface area (Å²) in [5.74, 6) is 0.498. The Labute approximate surface area is 132 Å². The topological polar surface area (TPSA) is 32.3 Å². The Morgan fingerprint density at radius 2 is 1.81 bits per heavy atom. The first kappa shape index (κ1) is 16.3. The molecule has 0 aromatic heterocycles. The summed E-state index contributed by atoms with van der Waals surface area (Å²) in [7, 11) is 0. The van der Waals surface area contributed by atoms with E-state index in [1.807, 2.05) is 24.3 Å². The lowest BCUT2D eigenvalue weighted by molar-refractivity contribution is 0.0812. The lowest BCUT2D eigenvalue weighted by Crippen LogP contribution is -2.50. The average Bonchev–Trinajstić information content (AvgIpc) is 2.47. The lowest BCUT2D eigenvalue weighted by atomic mass is 9.98. The van der Waals surface area contributed by atoms with Crippen molar-refractivity contribution in [2.45, 2.75) is 51.1 Å². The van der Waals surface area contributed by atoms with Crippen LogP contribution in [0.25, 0.3) is 0 Å². The number of halogens is 1. The molecule has 1 aromatic rings. The molecule has 0 spiro atoms. The molecule has 1 amide bonds. The van der Waals surface area contributed by atoms with Crippen LogP contribution in [-0.4, -0.2) is 35.5 Å². The van der Waals surface area contributed by atoms with Crippen LogP contribution in [0, 0.1) is 0 Å². The Hall–Kier alpha value is -1.06. The summed E-state index contributed by atoms with van der Waals surface area (Å²) >= 11 is 5.76. The molecule has 0 bridgehead atoms. The Balaban J connectivity index is 1.86. The first-order valence-electron chi connectivity index (χ1n) is 7.61. The van der Waals surface area contributed by atoms with Gasteiger partial charge in [0, 0.05) is 36.1 Å². The summed E-state index contributed by atoms with van der Waals surface area (Å²) in [5, 5.41) is 3.15. The third-order valence-corrected chi connectivity index (χ3v) is 4.46. The summed E-state index contributed by atoms with van der Waals surface area (Å²) in [6.45, 7) is 8.80. The van der Waals surface area contributed by atoms with Crippen molar-refractivity contribution in [1.29, 1.82) is 0 Å². The second-order valence-electron chi connectivity index (χ2n) is 6.74. The van der Waals surface area contributed by atoms with Gasteiger partial charge >= 0.3 is 0 Å². The molecule has 3 nitrogen and oxygen atoms in total. The van der Waals surface area contributed by atoms with E-state index < -0.39 is 0 Å². The van der Waals surface area contributed by atoms with Crippen molar-refractivity contribution in [2.75, 3.05) is 13.1 Å². The molecule has 1 N–H and O–H groups in total. The first-order chi connectivity index (χ1) is 9.90. The van der Waals surface area contributed by atoms with Gasteiger partial charge in [-0.25, -0.2) is 0 Å². The van der Waals surface area contributed by atoms with Gasteiger partial charge < -0.3 is 5.32 Å². The molecular formula is C17H25ClN2O. The van der Waals surface area contributed by atoms with Crippen molar-refractivity contribution in [3.63, 3.8) is 0 Å². The Bertz CT molecular complexity index is 471. The highest BCUT2D eigenvalue weighted by Crippen LogP contribution is 2.20. The highest BCUT2D eigenvalue weighted by Gasteiger charge is 2.27. The van der Waals surface area contributed by atoms with Crippen LogP contribution in [0.2, 0.25) is 0 Å². The number of nitrogens with zero attached hydrogens (tertiary/aromatic N) is 1. The second-order valence-corrected chi connectivity index (χ2v) is 7.00. The zero-order valence-electron chi connectivity index (χ0n) is 13.2. The molecule has 1 aliphatic heterocycles. The minimum Gasteiger partial charge on any atom is -0.349 e. The minimum absolute atomic E-state index is 0.0188. The van der Waals surface area contributed by atoms with E-state index in [-0.39, 0.29) is 17.5 Å². The van der Waals surface area contributed by atoms with Gasteiger partial charge in [0.15, 0.2) is 0 Å². The molecule has 2 rings (SSSR count). The zero-order chi connectivity index (χ0) is 15.5. The van der Waals surface area contributed by atoms with Gasteiger partial charge in [0.1, 0.15) is 0 Å². The Morgan fingerprint density at radius 1 is 1.24 bits per heavy atom. The minimum atomic E-state index is 0.0188. The standard InChI is InChI=1S/C17H25ClN2O/c1-17(2,3)20-10-8-15(9-11-20)19-16(21)14-6-4-13(12-18)5-7-14/h4-7,15H,8-12H2,1-3H3,(H,19,21). The molecule has 1 aliphatic rings. The van der Waals surface area contributed by atoms with Crippen LogP contribution in [0.15, 0.2) is 24.3 Å².